The number of aromatic nitrogens is 2. The highest BCUT2D eigenvalue weighted by Crippen LogP contribution is 2.17. The maximum Gasteiger partial charge on any atom is 0.120 e. The SMILES string of the molecule is Cn1ccc(CC(COc2cccc(Cl)c2)NN)n1. The third-order valence-electron chi connectivity index (χ3n) is 2.71. The summed E-state index contributed by atoms with van der Waals surface area (Å²) in [6.45, 7) is 0.452. The summed E-state index contributed by atoms with van der Waals surface area (Å²) in [6.07, 6.45) is 2.61. The highest BCUT2D eigenvalue weighted by atomic mass is 35.5. The number of benzene rings is 1. The van der Waals surface area contributed by atoms with Gasteiger partial charge in [0.15, 0.2) is 0 Å². The van der Waals surface area contributed by atoms with Gasteiger partial charge in [-0.3, -0.25) is 16.0 Å². The van der Waals surface area contributed by atoms with Gasteiger partial charge in [0.2, 0.25) is 0 Å². The Labute approximate surface area is 117 Å². The summed E-state index contributed by atoms with van der Waals surface area (Å²) < 4.78 is 7.42. The highest BCUT2D eigenvalue weighted by molar-refractivity contribution is 6.30. The fourth-order valence-electron chi connectivity index (χ4n) is 1.74. The van der Waals surface area contributed by atoms with Gasteiger partial charge in [-0.05, 0) is 24.3 Å². The van der Waals surface area contributed by atoms with Crippen LogP contribution in [0.25, 0.3) is 0 Å². The summed E-state index contributed by atoms with van der Waals surface area (Å²) in [4.78, 5) is 0. The summed E-state index contributed by atoms with van der Waals surface area (Å²) >= 11 is 5.89. The fraction of sp³-hybridized carbons (Fsp3) is 0.308. The van der Waals surface area contributed by atoms with Crippen molar-refractivity contribution in [3.63, 3.8) is 0 Å². The summed E-state index contributed by atoms with van der Waals surface area (Å²) in [6, 6.07) is 9.25. The summed E-state index contributed by atoms with van der Waals surface area (Å²) in [5, 5.41) is 4.96. The number of halogens is 1. The first-order valence-corrected chi connectivity index (χ1v) is 6.38. The van der Waals surface area contributed by atoms with Crippen LogP contribution >= 0.6 is 11.6 Å². The van der Waals surface area contributed by atoms with Crippen LogP contribution in [-0.2, 0) is 13.5 Å². The quantitative estimate of drug-likeness (QED) is 0.622. The van der Waals surface area contributed by atoms with Crippen LogP contribution in [0.15, 0.2) is 36.5 Å². The van der Waals surface area contributed by atoms with Crippen molar-refractivity contribution in [2.75, 3.05) is 6.61 Å². The van der Waals surface area contributed by atoms with E-state index in [1.165, 1.54) is 0 Å². The van der Waals surface area contributed by atoms with E-state index in [1.807, 2.05) is 31.4 Å². The van der Waals surface area contributed by atoms with Gasteiger partial charge in [-0.1, -0.05) is 17.7 Å². The molecule has 0 aliphatic heterocycles. The zero-order valence-electron chi connectivity index (χ0n) is 10.7. The Morgan fingerprint density at radius 3 is 2.95 bits per heavy atom. The normalized spacial score (nSPS) is 12.4. The van der Waals surface area contributed by atoms with E-state index >= 15 is 0 Å². The fourth-order valence-corrected chi connectivity index (χ4v) is 1.92. The van der Waals surface area contributed by atoms with Crippen LogP contribution in [0.3, 0.4) is 0 Å². The lowest BCUT2D eigenvalue weighted by atomic mass is 10.2. The Morgan fingerprint density at radius 2 is 2.32 bits per heavy atom. The van der Waals surface area contributed by atoms with E-state index in [4.69, 9.17) is 22.2 Å². The highest BCUT2D eigenvalue weighted by Gasteiger charge is 2.10. The van der Waals surface area contributed by atoms with Crippen molar-refractivity contribution in [1.29, 1.82) is 0 Å². The second-order valence-corrected chi connectivity index (χ2v) is 4.75. The molecule has 2 rings (SSSR count). The van der Waals surface area contributed by atoms with Crippen molar-refractivity contribution in [2.24, 2.45) is 12.9 Å². The minimum absolute atomic E-state index is 0.00567. The third-order valence-corrected chi connectivity index (χ3v) is 2.94. The molecule has 0 amide bonds. The van der Waals surface area contributed by atoms with Gasteiger partial charge in [0.1, 0.15) is 12.4 Å². The topological polar surface area (TPSA) is 65.1 Å². The van der Waals surface area contributed by atoms with Gasteiger partial charge in [-0.15, -0.1) is 0 Å². The average Bonchev–Trinajstić information content (AvgIpc) is 2.80. The number of nitrogens with zero attached hydrogens (tertiary/aromatic N) is 2. The van der Waals surface area contributed by atoms with Crippen LogP contribution in [-0.4, -0.2) is 22.4 Å². The maximum absolute atomic E-state index is 5.89. The molecule has 0 bridgehead atoms. The third kappa shape index (κ3) is 4.24. The Balaban J connectivity index is 1.89. The van der Waals surface area contributed by atoms with Gasteiger partial charge in [-0.25, -0.2) is 0 Å². The zero-order valence-corrected chi connectivity index (χ0v) is 11.5. The monoisotopic (exact) mass is 280 g/mol. The number of ether oxygens (including phenoxy) is 1. The first-order chi connectivity index (χ1) is 9.17. The Bertz CT molecular complexity index is 529. The lowest BCUT2D eigenvalue weighted by Gasteiger charge is -2.15. The van der Waals surface area contributed by atoms with Gasteiger partial charge in [0.25, 0.3) is 0 Å². The molecule has 0 fully saturated rings. The number of hydrazine groups is 1. The Hall–Kier alpha value is -1.56. The molecule has 3 N–H and O–H groups in total. The molecule has 0 saturated heterocycles. The summed E-state index contributed by atoms with van der Waals surface area (Å²) in [7, 11) is 1.89. The lowest BCUT2D eigenvalue weighted by Crippen LogP contribution is -2.41. The van der Waals surface area contributed by atoms with Crippen LogP contribution in [0.4, 0.5) is 0 Å². The molecule has 102 valence electrons. The zero-order chi connectivity index (χ0) is 13.7. The van der Waals surface area contributed by atoms with Crippen molar-refractivity contribution in [3.05, 3.63) is 47.2 Å². The first kappa shape index (κ1) is 13.9. The van der Waals surface area contributed by atoms with Crippen LogP contribution in [0.2, 0.25) is 5.02 Å². The van der Waals surface area contributed by atoms with E-state index in [2.05, 4.69) is 10.5 Å². The van der Waals surface area contributed by atoms with Gasteiger partial charge in [0, 0.05) is 24.7 Å². The molecule has 0 saturated carbocycles. The molecule has 1 aromatic heterocycles. The van der Waals surface area contributed by atoms with Crippen molar-refractivity contribution < 1.29 is 4.74 Å². The molecule has 1 unspecified atom stereocenters. The van der Waals surface area contributed by atoms with Crippen LogP contribution in [0.1, 0.15) is 5.69 Å². The van der Waals surface area contributed by atoms with Gasteiger partial charge >= 0.3 is 0 Å². The Morgan fingerprint density at radius 1 is 1.47 bits per heavy atom. The number of aryl methyl sites for hydroxylation is 1. The van der Waals surface area contributed by atoms with Crippen LogP contribution in [0.5, 0.6) is 5.75 Å². The smallest absolute Gasteiger partial charge is 0.120 e. The molecule has 1 atom stereocenters. The summed E-state index contributed by atoms with van der Waals surface area (Å²) in [5.41, 5.74) is 3.71. The van der Waals surface area contributed by atoms with Crippen molar-refractivity contribution >= 4 is 11.6 Å². The van der Waals surface area contributed by atoms with Crippen molar-refractivity contribution in [2.45, 2.75) is 12.5 Å². The second kappa shape index (κ2) is 6.56. The second-order valence-electron chi connectivity index (χ2n) is 4.32. The van der Waals surface area contributed by atoms with E-state index in [0.717, 1.165) is 11.4 Å². The predicted octanol–water partition coefficient (Wildman–Crippen LogP) is 1.53. The van der Waals surface area contributed by atoms with E-state index in [9.17, 15) is 0 Å². The lowest BCUT2D eigenvalue weighted by molar-refractivity contribution is 0.263. The standard InChI is InChI=1S/C13H17ClN4O/c1-18-6-5-11(17-18)8-12(16-15)9-19-13-4-2-3-10(14)7-13/h2-7,12,16H,8-9,15H2,1H3. The Kier molecular flexibility index (Phi) is 4.79. The molecule has 0 aliphatic rings. The number of nitrogens with one attached hydrogen (secondary N) is 1. The number of nitrogens with two attached hydrogens (primary N) is 1. The minimum Gasteiger partial charge on any atom is -0.492 e. The minimum atomic E-state index is -0.00567. The number of hydrogen-bond donors (Lipinski definition) is 2. The molecule has 6 heteroatoms. The van der Waals surface area contributed by atoms with Crippen molar-refractivity contribution in [1.82, 2.24) is 15.2 Å². The van der Waals surface area contributed by atoms with Crippen LogP contribution < -0.4 is 16.0 Å². The molecule has 0 radical (unpaired) electrons. The molecule has 1 heterocycles. The van der Waals surface area contributed by atoms with Gasteiger partial charge in [0.05, 0.1) is 11.7 Å². The van der Waals surface area contributed by atoms with E-state index < -0.39 is 0 Å². The average molecular weight is 281 g/mol. The van der Waals surface area contributed by atoms with Gasteiger partial charge in [-0.2, -0.15) is 5.10 Å². The molecular weight excluding hydrogens is 264 g/mol. The molecule has 0 aliphatic carbocycles. The number of hydrogen-bond acceptors (Lipinski definition) is 4. The molecule has 5 nitrogen and oxygen atoms in total. The maximum atomic E-state index is 5.89. The molecule has 1 aromatic carbocycles. The van der Waals surface area contributed by atoms with Gasteiger partial charge < -0.3 is 4.74 Å². The summed E-state index contributed by atoms with van der Waals surface area (Å²) in [5.74, 6) is 6.26. The largest absolute Gasteiger partial charge is 0.492 e. The first-order valence-electron chi connectivity index (χ1n) is 6.00. The van der Waals surface area contributed by atoms with Crippen molar-refractivity contribution in [3.8, 4) is 5.75 Å². The van der Waals surface area contributed by atoms with E-state index in [-0.39, 0.29) is 6.04 Å². The number of rotatable bonds is 6. The van der Waals surface area contributed by atoms with E-state index in [1.54, 1.807) is 16.8 Å². The molecule has 2 aromatic rings. The molecule has 0 spiro atoms. The predicted molar refractivity (Wildman–Crippen MR) is 75.0 cm³/mol. The van der Waals surface area contributed by atoms with E-state index in [0.29, 0.717) is 18.1 Å². The van der Waals surface area contributed by atoms with Crippen LogP contribution in [0, 0.1) is 0 Å². The molecule has 19 heavy (non-hydrogen) atoms. The molecular formula is C13H17ClN4O.